The van der Waals surface area contributed by atoms with Crippen molar-refractivity contribution in [3.63, 3.8) is 0 Å². The third-order valence-electron chi connectivity index (χ3n) is 3.70. The largest absolute Gasteiger partial charge is 0.508 e. The average molecular weight is 237 g/mol. The summed E-state index contributed by atoms with van der Waals surface area (Å²) in [5.41, 5.74) is 6.78. The Morgan fingerprint density at radius 2 is 1.76 bits per heavy atom. The van der Waals surface area contributed by atoms with Crippen LogP contribution in [0.25, 0.3) is 0 Å². The highest BCUT2D eigenvalue weighted by molar-refractivity contribution is 5.54. The van der Waals surface area contributed by atoms with E-state index in [1.807, 2.05) is 13.0 Å². The fraction of sp³-hybridized carbons (Fsp3) is 0.538. The predicted molar refractivity (Wildman–Crippen MR) is 65.8 cm³/mol. The van der Waals surface area contributed by atoms with E-state index in [9.17, 15) is 5.11 Å². The van der Waals surface area contributed by atoms with E-state index in [0.717, 1.165) is 18.4 Å². The number of benzene rings is 1. The van der Waals surface area contributed by atoms with Crippen molar-refractivity contribution < 1.29 is 14.6 Å². The molecule has 0 heterocycles. The van der Waals surface area contributed by atoms with Gasteiger partial charge >= 0.3 is 0 Å². The van der Waals surface area contributed by atoms with Crippen LogP contribution in [0.5, 0.6) is 17.2 Å². The summed E-state index contributed by atoms with van der Waals surface area (Å²) in [6.07, 6.45) is 2.02. The minimum Gasteiger partial charge on any atom is -0.508 e. The summed E-state index contributed by atoms with van der Waals surface area (Å²) < 4.78 is 10.4. The van der Waals surface area contributed by atoms with Crippen LogP contribution in [0.4, 0.5) is 0 Å². The molecule has 17 heavy (non-hydrogen) atoms. The van der Waals surface area contributed by atoms with Crippen LogP contribution < -0.4 is 15.2 Å². The molecule has 1 aromatic carbocycles. The Labute approximate surface area is 101 Å². The molecule has 1 aromatic rings. The van der Waals surface area contributed by atoms with Gasteiger partial charge in [-0.3, -0.25) is 0 Å². The first-order chi connectivity index (χ1) is 8.05. The van der Waals surface area contributed by atoms with E-state index in [2.05, 4.69) is 0 Å². The molecule has 4 heteroatoms. The molecular weight excluding hydrogens is 218 g/mol. The molecule has 0 bridgehead atoms. The van der Waals surface area contributed by atoms with Gasteiger partial charge in [-0.05, 0) is 25.8 Å². The lowest BCUT2D eigenvalue weighted by atomic mass is 9.88. The van der Waals surface area contributed by atoms with Crippen molar-refractivity contribution in [3.8, 4) is 17.2 Å². The van der Waals surface area contributed by atoms with Gasteiger partial charge in [0.1, 0.15) is 5.75 Å². The van der Waals surface area contributed by atoms with Crippen LogP contribution in [-0.2, 0) is 5.41 Å². The molecular formula is C13H19NO3. The van der Waals surface area contributed by atoms with E-state index in [0.29, 0.717) is 11.5 Å². The Morgan fingerprint density at radius 3 is 2.18 bits per heavy atom. The molecule has 3 N–H and O–H groups in total. The quantitative estimate of drug-likeness (QED) is 0.838. The van der Waals surface area contributed by atoms with E-state index in [-0.39, 0.29) is 17.2 Å². The van der Waals surface area contributed by atoms with Gasteiger partial charge in [-0.25, -0.2) is 0 Å². The van der Waals surface area contributed by atoms with Crippen molar-refractivity contribution in [1.29, 1.82) is 0 Å². The van der Waals surface area contributed by atoms with Crippen LogP contribution in [0.1, 0.15) is 25.3 Å². The molecule has 2 rings (SSSR count). The first-order valence-corrected chi connectivity index (χ1v) is 5.76. The van der Waals surface area contributed by atoms with E-state index in [1.165, 1.54) is 0 Å². The van der Waals surface area contributed by atoms with Crippen molar-refractivity contribution in [1.82, 2.24) is 0 Å². The van der Waals surface area contributed by atoms with Gasteiger partial charge in [0.05, 0.1) is 14.2 Å². The first-order valence-electron chi connectivity index (χ1n) is 5.76. The Kier molecular flexibility index (Phi) is 2.91. The highest BCUT2D eigenvalue weighted by atomic mass is 16.5. The Hall–Kier alpha value is -1.42. The van der Waals surface area contributed by atoms with E-state index >= 15 is 0 Å². The van der Waals surface area contributed by atoms with Crippen LogP contribution in [0.3, 0.4) is 0 Å². The summed E-state index contributed by atoms with van der Waals surface area (Å²) in [4.78, 5) is 0. The molecule has 4 nitrogen and oxygen atoms in total. The molecule has 1 aliphatic carbocycles. The molecule has 1 saturated carbocycles. The molecule has 0 amide bonds. The van der Waals surface area contributed by atoms with Crippen molar-refractivity contribution in [2.75, 3.05) is 14.2 Å². The number of hydrogen-bond acceptors (Lipinski definition) is 4. The van der Waals surface area contributed by atoms with Crippen molar-refractivity contribution in [3.05, 3.63) is 17.7 Å². The highest BCUT2D eigenvalue weighted by Crippen LogP contribution is 2.54. The second-order valence-corrected chi connectivity index (χ2v) is 4.67. The molecule has 0 saturated heterocycles. The maximum atomic E-state index is 10.1. The van der Waals surface area contributed by atoms with Crippen molar-refractivity contribution in [2.45, 2.75) is 31.2 Å². The number of nitrogens with two attached hydrogens (primary N) is 1. The number of phenols is 1. The number of ether oxygens (including phenoxy) is 2. The zero-order valence-electron chi connectivity index (χ0n) is 10.5. The molecule has 0 radical (unpaired) electrons. The fourth-order valence-corrected chi connectivity index (χ4v) is 2.37. The first kappa shape index (κ1) is 12.0. The van der Waals surface area contributed by atoms with Gasteiger partial charge < -0.3 is 20.3 Å². The maximum Gasteiger partial charge on any atom is 0.164 e. The van der Waals surface area contributed by atoms with E-state index in [4.69, 9.17) is 15.2 Å². The van der Waals surface area contributed by atoms with E-state index < -0.39 is 0 Å². The van der Waals surface area contributed by atoms with Gasteiger partial charge in [-0.2, -0.15) is 0 Å². The normalized spacial score (nSPS) is 18.6. The zero-order valence-corrected chi connectivity index (χ0v) is 10.5. The third kappa shape index (κ3) is 1.82. The van der Waals surface area contributed by atoms with Gasteiger partial charge in [0, 0.05) is 23.1 Å². The van der Waals surface area contributed by atoms with Gasteiger partial charge in [0.15, 0.2) is 11.5 Å². The van der Waals surface area contributed by atoms with Crippen molar-refractivity contribution in [2.24, 2.45) is 5.73 Å². The number of aromatic hydroxyl groups is 1. The second kappa shape index (κ2) is 4.11. The third-order valence-corrected chi connectivity index (χ3v) is 3.70. The summed E-state index contributed by atoms with van der Waals surface area (Å²) >= 11 is 0. The van der Waals surface area contributed by atoms with Crippen LogP contribution in [0.15, 0.2) is 12.1 Å². The van der Waals surface area contributed by atoms with Crippen LogP contribution in [-0.4, -0.2) is 25.4 Å². The molecule has 94 valence electrons. The topological polar surface area (TPSA) is 64.7 Å². The number of methoxy groups -OCH3 is 2. The lowest BCUT2D eigenvalue weighted by Crippen LogP contribution is -2.31. The lowest BCUT2D eigenvalue weighted by Gasteiger charge is -2.22. The maximum absolute atomic E-state index is 10.1. The summed E-state index contributed by atoms with van der Waals surface area (Å²) in [7, 11) is 3.14. The molecule has 0 aliphatic heterocycles. The number of phenolic OH excluding ortho intramolecular Hbond substituents is 1. The standard InChI is InChI=1S/C13H19NO3/c1-8(14)13(4-5-13)9-6-11(16-2)12(17-3)7-10(9)15/h6-8,15H,4-5,14H2,1-3H3. The summed E-state index contributed by atoms with van der Waals surface area (Å²) in [5.74, 6) is 1.40. The van der Waals surface area contributed by atoms with Crippen LogP contribution in [0, 0.1) is 0 Å². The predicted octanol–water partition coefficient (Wildman–Crippen LogP) is 1.79. The summed E-state index contributed by atoms with van der Waals surface area (Å²) in [6.45, 7) is 1.98. The van der Waals surface area contributed by atoms with E-state index in [1.54, 1.807) is 20.3 Å². The SMILES string of the molecule is COc1cc(O)c(C2(C(C)N)CC2)cc1OC. The molecule has 1 aliphatic rings. The van der Waals surface area contributed by atoms with Crippen molar-refractivity contribution >= 4 is 0 Å². The molecule has 1 unspecified atom stereocenters. The second-order valence-electron chi connectivity index (χ2n) is 4.67. The van der Waals surface area contributed by atoms with Gasteiger partial charge in [-0.1, -0.05) is 0 Å². The average Bonchev–Trinajstić information content (AvgIpc) is 3.09. The summed E-state index contributed by atoms with van der Waals surface area (Å²) in [6, 6.07) is 3.45. The minimum atomic E-state index is -0.0936. The fourth-order valence-electron chi connectivity index (χ4n) is 2.37. The van der Waals surface area contributed by atoms with Crippen LogP contribution in [0.2, 0.25) is 0 Å². The number of rotatable bonds is 4. The lowest BCUT2D eigenvalue weighted by molar-refractivity contribution is 0.348. The molecule has 0 spiro atoms. The molecule has 1 fully saturated rings. The monoisotopic (exact) mass is 237 g/mol. The minimum absolute atomic E-state index is 0.0199. The van der Waals surface area contributed by atoms with Gasteiger partial charge in [0.2, 0.25) is 0 Å². The molecule has 0 aromatic heterocycles. The molecule has 1 atom stereocenters. The zero-order chi connectivity index (χ0) is 12.6. The Morgan fingerprint density at radius 1 is 1.24 bits per heavy atom. The Balaban J connectivity index is 2.49. The van der Waals surface area contributed by atoms with Gasteiger partial charge in [-0.15, -0.1) is 0 Å². The summed E-state index contributed by atoms with van der Waals surface area (Å²) in [5, 5.41) is 10.1. The van der Waals surface area contributed by atoms with Gasteiger partial charge in [0.25, 0.3) is 0 Å². The van der Waals surface area contributed by atoms with Crippen LogP contribution >= 0.6 is 0 Å². The smallest absolute Gasteiger partial charge is 0.164 e. The number of hydrogen-bond donors (Lipinski definition) is 2. The highest BCUT2D eigenvalue weighted by Gasteiger charge is 2.49. The Bertz CT molecular complexity index is 425.